The molecule has 0 fully saturated rings. The van der Waals surface area contributed by atoms with Gasteiger partial charge >= 0.3 is 0 Å². The van der Waals surface area contributed by atoms with Crippen molar-refractivity contribution >= 4 is 0 Å². The third kappa shape index (κ3) is 10.4. The lowest BCUT2D eigenvalue weighted by Crippen LogP contribution is -2.39. The fourth-order valence-corrected chi connectivity index (χ4v) is 1.52. The zero-order chi connectivity index (χ0) is 13.0. The maximum absolute atomic E-state index is 5.58. The number of likely N-dealkylation sites (N-methyl/N-ethyl adjacent to an activating group) is 1. The predicted molar refractivity (Wildman–Crippen MR) is 73.4 cm³/mol. The van der Waals surface area contributed by atoms with E-state index in [4.69, 9.17) is 11.5 Å². The molecule has 0 saturated carbocycles. The predicted octanol–water partition coefficient (Wildman–Crippen LogP) is 0.920. The minimum atomic E-state index is 0.213. The van der Waals surface area contributed by atoms with Crippen LogP contribution in [0.15, 0.2) is 0 Å². The second kappa shape index (κ2) is 12.9. The van der Waals surface area contributed by atoms with E-state index in [1.165, 1.54) is 0 Å². The molecular formula is C12H32N4. The van der Waals surface area contributed by atoms with Crippen LogP contribution in [0.1, 0.15) is 34.6 Å². The Morgan fingerprint density at radius 3 is 1.44 bits per heavy atom. The van der Waals surface area contributed by atoms with Gasteiger partial charge in [-0.3, -0.25) is 4.90 Å². The van der Waals surface area contributed by atoms with Crippen molar-refractivity contribution in [3.05, 3.63) is 0 Å². The van der Waals surface area contributed by atoms with Crippen molar-refractivity contribution in [1.82, 2.24) is 9.80 Å². The van der Waals surface area contributed by atoms with Crippen molar-refractivity contribution in [2.45, 2.75) is 40.8 Å². The molecule has 4 nitrogen and oxygen atoms in total. The minimum absolute atomic E-state index is 0.213. The van der Waals surface area contributed by atoms with Gasteiger partial charge in [0.25, 0.3) is 0 Å². The van der Waals surface area contributed by atoms with Crippen molar-refractivity contribution < 1.29 is 0 Å². The highest BCUT2D eigenvalue weighted by atomic mass is 15.2. The van der Waals surface area contributed by atoms with Crippen LogP contribution < -0.4 is 11.5 Å². The van der Waals surface area contributed by atoms with Crippen LogP contribution in [0, 0.1) is 0 Å². The molecule has 0 aliphatic rings. The summed E-state index contributed by atoms with van der Waals surface area (Å²) in [5, 5.41) is 0. The summed E-state index contributed by atoms with van der Waals surface area (Å²) in [6, 6.07) is 0. The molecule has 0 saturated heterocycles. The lowest BCUT2D eigenvalue weighted by atomic mass is 10.4. The van der Waals surface area contributed by atoms with Crippen LogP contribution in [0.3, 0.4) is 0 Å². The van der Waals surface area contributed by atoms with Gasteiger partial charge in [0.2, 0.25) is 0 Å². The van der Waals surface area contributed by atoms with Crippen LogP contribution in [0.2, 0.25) is 0 Å². The zero-order valence-electron chi connectivity index (χ0n) is 11.9. The smallest absolute Gasteiger partial charge is 0.0542 e. The lowest BCUT2D eigenvalue weighted by molar-refractivity contribution is 0.236. The van der Waals surface area contributed by atoms with Gasteiger partial charge in [0.05, 0.1) is 6.17 Å². The average Bonchev–Trinajstić information content (AvgIpc) is 2.28. The normalized spacial score (nSPS) is 12.6. The summed E-state index contributed by atoms with van der Waals surface area (Å²) in [6.45, 7) is 16.7. The summed E-state index contributed by atoms with van der Waals surface area (Å²) in [7, 11) is 0. The van der Waals surface area contributed by atoms with Crippen LogP contribution in [0.25, 0.3) is 0 Å². The fraction of sp³-hybridized carbons (Fsp3) is 1.00. The maximum Gasteiger partial charge on any atom is 0.0542 e. The van der Waals surface area contributed by atoms with Gasteiger partial charge in [-0.25, -0.2) is 0 Å². The zero-order valence-corrected chi connectivity index (χ0v) is 11.9. The van der Waals surface area contributed by atoms with E-state index in [9.17, 15) is 0 Å². The third-order valence-electron chi connectivity index (χ3n) is 2.73. The highest BCUT2D eigenvalue weighted by Gasteiger charge is 2.01. The monoisotopic (exact) mass is 232 g/mol. The van der Waals surface area contributed by atoms with E-state index in [0.717, 1.165) is 39.3 Å². The highest BCUT2D eigenvalue weighted by Crippen LogP contribution is 1.88. The number of nitrogens with zero attached hydrogens (tertiary/aromatic N) is 2. The second-order valence-electron chi connectivity index (χ2n) is 3.78. The number of hydrogen-bond acceptors (Lipinski definition) is 4. The molecule has 0 aromatic rings. The molecule has 0 spiro atoms. The molecule has 4 N–H and O–H groups in total. The van der Waals surface area contributed by atoms with Gasteiger partial charge in [-0.15, -0.1) is 0 Å². The summed E-state index contributed by atoms with van der Waals surface area (Å²) < 4.78 is 0. The van der Waals surface area contributed by atoms with E-state index >= 15 is 0 Å². The molecule has 16 heavy (non-hydrogen) atoms. The van der Waals surface area contributed by atoms with Crippen LogP contribution in [0.4, 0.5) is 0 Å². The topological polar surface area (TPSA) is 58.5 Å². The van der Waals surface area contributed by atoms with Gasteiger partial charge in [0.15, 0.2) is 0 Å². The van der Waals surface area contributed by atoms with Crippen LogP contribution in [-0.4, -0.2) is 55.2 Å². The van der Waals surface area contributed by atoms with Crippen molar-refractivity contribution in [2.24, 2.45) is 11.5 Å². The van der Waals surface area contributed by atoms with Crippen molar-refractivity contribution in [3.8, 4) is 0 Å². The number of rotatable bonds is 7. The molecule has 0 heterocycles. The number of nitrogens with two attached hydrogens (primary N) is 2. The first kappa shape index (κ1) is 18.2. The molecule has 0 aliphatic heterocycles. The Morgan fingerprint density at radius 2 is 1.38 bits per heavy atom. The molecule has 0 radical (unpaired) electrons. The van der Waals surface area contributed by atoms with E-state index in [-0.39, 0.29) is 6.17 Å². The molecule has 0 bridgehead atoms. The van der Waals surface area contributed by atoms with Gasteiger partial charge in [0.1, 0.15) is 0 Å². The van der Waals surface area contributed by atoms with E-state index in [0.29, 0.717) is 0 Å². The Kier molecular flexibility index (Phi) is 14.7. The van der Waals surface area contributed by atoms with Gasteiger partial charge in [0, 0.05) is 13.1 Å². The molecule has 0 amide bonds. The van der Waals surface area contributed by atoms with Gasteiger partial charge in [-0.2, -0.15) is 0 Å². The van der Waals surface area contributed by atoms with Crippen LogP contribution in [0.5, 0.6) is 0 Å². The van der Waals surface area contributed by atoms with Crippen LogP contribution >= 0.6 is 0 Å². The largest absolute Gasteiger partial charge is 0.329 e. The maximum atomic E-state index is 5.58. The van der Waals surface area contributed by atoms with E-state index in [1.807, 2.05) is 6.92 Å². The summed E-state index contributed by atoms with van der Waals surface area (Å²) in [4.78, 5) is 4.50. The van der Waals surface area contributed by atoms with Gasteiger partial charge in [-0.1, -0.05) is 27.7 Å². The van der Waals surface area contributed by atoms with Crippen molar-refractivity contribution in [1.29, 1.82) is 0 Å². The third-order valence-corrected chi connectivity index (χ3v) is 2.73. The Balaban J connectivity index is 0. The van der Waals surface area contributed by atoms with E-state index in [2.05, 4.69) is 37.5 Å². The molecular weight excluding hydrogens is 200 g/mol. The molecule has 0 aliphatic carbocycles. The number of hydrogen-bond donors (Lipinski definition) is 2. The second-order valence-corrected chi connectivity index (χ2v) is 3.78. The first-order valence-corrected chi connectivity index (χ1v) is 6.49. The molecule has 0 aromatic heterocycles. The molecule has 1 unspecified atom stereocenters. The summed E-state index contributed by atoms with van der Waals surface area (Å²) >= 11 is 0. The molecule has 0 aromatic carbocycles. The van der Waals surface area contributed by atoms with E-state index < -0.39 is 0 Å². The van der Waals surface area contributed by atoms with Gasteiger partial charge < -0.3 is 16.4 Å². The molecule has 1 atom stereocenters. The quantitative estimate of drug-likeness (QED) is 0.641. The lowest BCUT2D eigenvalue weighted by Gasteiger charge is -2.21. The first-order chi connectivity index (χ1) is 7.56. The molecule has 0 rings (SSSR count). The van der Waals surface area contributed by atoms with Crippen LogP contribution in [-0.2, 0) is 0 Å². The van der Waals surface area contributed by atoms with E-state index in [1.54, 1.807) is 0 Å². The SMILES string of the molecule is CCN(CC)C(C)N.CCN(CC)CCN. The molecule has 100 valence electrons. The van der Waals surface area contributed by atoms with Crippen molar-refractivity contribution in [3.63, 3.8) is 0 Å². The standard InChI is InChI=1S/2C6H16N2/c1-4-8(5-2)6(3)7;1-3-8(4-2)6-5-7/h6H,4-5,7H2,1-3H3;3-7H2,1-2H3. The Bertz CT molecular complexity index is 120. The molecule has 4 heteroatoms. The first-order valence-electron chi connectivity index (χ1n) is 6.49. The summed E-state index contributed by atoms with van der Waals surface area (Å²) in [5.74, 6) is 0. The Morgan fingerprint density at radius 1 is 0.938 bits per heavy atom. The van der Waals surface area contributed by atoms with Crippen molar-refractivity contribution in [2.75, 3.05) is 39.3 Å². The summed E-state index contributed by atoms with van der Waals surface area (Å²) in [5.41, 5.74) is 10.9. The Labute approximate surface area is 102 Å². The van der Waals surface area contributed by atoms with Gasteiger partial charge in [-0.05, 0) is 33.1 Å². The fourth-order valence-electron chi connectivity index (χ4n) is 1.52. The Hall–Kier alpha value is -0.160. The average molecular weight is 232 g/mol. The summed E-state index contributed by atoms with van der Waals surface area (Å²) in [6.07, 6.45) is 0.213. The highest BCUT2D eigenvalue weighted by molar-refractivity contribution is 4.54. The minimum Gasteiger partial charge on any atom is -0.329 e.